The third-order valence-electron chi connectivity index (χ3n) is 1.90. The first-order chi connectivity index (χ1) is 6.59. The number of carboxylic acids is 1. The van der Waals surface area contributed by atoms with Gasteiger partial charge < -0.3 is 5.11 Å². The number of hydrogen-bond donors (Lipinski definition) is 1. The predicted molar refractivity (Wildman–Crippen MR) is 54.2 cm³/mol. The molecule has 0 aliphatic heterocycles. The number of imidazole rings is 1. The summed E-state index contributed by atoms with van der Waals surface area (Å²) in [5.41, 5.74) is 1.51. The van der Waals surface area contributed by atoms with Crippen molar-refractivity contribution in [3.05, 3.63) is 21.9 Å². The van der Waals surface area contributed by atoms with Gasteiger partial charge in [0, 0.05) is 11.1 Å². The Morgan fingerprint density at radius 1 is 1.79 bits per heavy atom. The van der Waals surface area contributed by atoms with Gasteiger partial charge in [0.1, 0.15) is 0 Å². The van der Waals surface area contributed by atoms with E-state index in [0.29, 0.717) is 5.69 Å². The Balaban J connectivity index is 2.64. The van der Waals surface area contributed by atoms with Gasteiger partial charge in [-0.1, -0.05) is 11.6 Å². The van der Waals surface area contributed by atoms with Crippen LogP contribution in [0.3, 0.4) is 0 Å². The Bertz CT molecular complexity index is 503. The van der Waals surface area contributed by atoms with Crippen LogP contribution in [0.1, 0.15) is 11.4 Å². The summed E-state index contributed by atoms with van der Waals surface area (Å²) in [7, 11) is 0. The minimum Gasteiger partial charge on any atom is -0.481 e. The maximum absolute atomic E-state index is 10.6. The van der Waals surface area contributed by atoms with Gasteiger partial charge in [-0.05, 0) is 6.92 Å². The quantitative estimate of drug-likeness (QED) is 0.859. The van der Waals surface area contributed by atoms with Crippen LogP contribution in [0.25, 0.3) is 4.96 Å². The van der Waals surface area contributed by atoms with E-state index in [4.69, 9.17) is 16.7 Å². The number of aryl methyl sites for hydroxylation is 1. The zero-order valence-corrected chi connectivity index (χ0v) is 8.89. The van der Waals surface area contributed by atoms with E-state index in [2.05, 4.69) is 4.98 Å². The maximum Gasteiger partial charge on any atom is 0.309 e. The zero-order chi connectivity index (χ0) is 10.3. The summed E-state index contributed by atoms with van der Waals surface area (Å²) in [4.78, 5) is 15.4. The molecule has 2 heterocycles. The van der Waals surface area contributed by atoms with Crippen molar-refractivity contribution in [1.29, 1.82) is 0 Å². The van der Waals surface area contributed by atoms with Crippen molar-refractivity contribution < 1.29 is 9.90 Å². The van der Waals surface area contributed by atoms with Crippen LogP contribution < -0.4 is 0 Å². The first-order valence-corrected chi connectivity index (χ1v) is 5.18. The highest BCUT2D eigenvalue weighted by molar-refractivity contribution is 7.15. The summed E-state index contributed by atoms with van der Waals surface area (Å²) in [6.45, 7) is 1.90. The van der Waals surface area contributed by atoms with Gasteiger partial charge in [-0.3, -0.25) is 9.20 Å². The molecule has 0 unspecified atom stereocenters. The topological polar surface area (TPSA) is 54.6 Å². The van der Waals surface area contributed by atoms with E-state index in [1.54, 1.807) is 4.40 Å². The van der Waals surface area contributed by atoms with Crippen molar-refractivity contribution in [1.82, 2.24) is 9.38 Å². The van der Waals surface area contributed by atoms with Gasteiger partial charge in [0.25, 0.3) is 0 Å². The summed E-state index contributed by atoms with van der Waals surface area (Å²) in [6.07, 6.45) is -0.0996. The summed E-state index contributed by atoms with van der Waals surface area (Å²) in [6, 6.07) is 0. The Kier molecular flexibility index (Phi) is 2.20. The molecule has 0 atom stereocenters. The average Bonchev–Trinajstić information content (AvgIpc) is 2.56. The predicted octanol–water partition coefficient (Wildman–Crippen LogP) is 1.98. The van der Waals surface area contributed by atoms with Crippen LogP contribution in [-0.4, -0.2) is 20.5 Å². The largest absolute Gasteiger partial charge is 0.481 e. The number of carboxylic acid groups (broad SMARTS) is 1. The molecular formula is C8H7ClN2O2S. The minimum absolute atomic E-state index is 0.0996. The summed E-state index contributed by atoms with van der Waals surface area (Å²) in [5, 5.41) is 10.9. The number of carbonyl (C=O) groups is 1. The second-order valence-electron chi connectivity index (χ2n) is 2.91. The summed E-state index contributed by atoms with van der Waals surface area (Å²) >= 11 is 7.29. The van der Waals surface area contributed by atoms with Gasteiger partial charge in [-0.25, -0.2) is 4.98 Å². The van der Waals surface area contributed by atoms with Crippen LogP contribution in [0.2, 0.25) is 5.15 Å². The second-order valence-corrected chi connectivity index (χ2v) is 4.11. The standard InChI is InChI=1S/C8H7ClN2O2S/c1-4-3-14-8-10-7(9)5(11(4)8)2-6(12)13/h3H,2H2,1H3,(H,12,13). The maximum atomic E-state index is 10.6. The van der Waals surface area contributed by atoms with Gasteiger partial charge in [-0.2, -0.15) is 0 Å². The fourth-order valence-corrected chi connectivity index (χ4v) is 2.50. The molecule has 0 aliphatic carbocycles. The third-order valence-corrected chi connectivity index (χ3v) is 3.15. The van der Waals surface area contributed by atoms with Crippen molar-refractivity contribution in [2.24, 2.45) is 0 Å². The molecule has 0 aliphatic rings. The van der Waals surface area contributed by atoms with Crippen molar-refractivity contribution in [2.75, 3.05) is 0 Å². The number of hydrogen-bond acceptors (Lipinski definition) is 3. The van der Waals surface area contributed by atoms with Crippen LogP contribution in [0.5, 0.6) is 0 Å². The van der Waals surface area contributed by atoms with E-state index in [9.17, 15) is 4.79 Å². The number of aliphatic carboxylic acids is 1. The summed E-state index contributed by atoms with van der Waals surface area (Å²) < 4.78 is 1.78. The third kappa shape index (κ3) is 1.38. The molecule has 4 nitrogen and oxygen atoms in total. The number of thiazole rings is 1. The van der Waals surface area contributed by atoms with E-state index in [1.807, 2.05) is 12.3 Å². The Morgan fingerprint density at radius 3 is 3.14 bits per heavy atom. The van der Waals surface area contributed by atoms with Crippen LogP contribution >= 0.6 is 22.9 Å². The van der Waals surface area contributed by atoms with Crippen molar-refractivity contribution in [2.45, 2.75) is 13.3 Å². The molecule has 0 amide bonds. The second kappa shape index (κ2) is 3.25. The van der Waals surface area contributed by atoms with Crippen molar-refractivity contribution in [3.8, 4) is 0 Å². The van der Waals surface area contributed by atoms with Gasteiger partial charge >= 0.3 is 5.97 Å². The number of aromatic nitrogens is 2. The van der Waals surface area contributed by atoms with Crippen LogP contribution in [-0.2, 0) is 11.2 Å². The lowest BCUT2D eigenvalue weighted by atomic mass is 10.3. The number of rotatable bonds is 2. The first kappa shape index (κ1) is 9.48. The molecule has 0 fully saturated rings. The lowest BCUT2D eigenvalue weighted by molar-refractivity contribution is -0.136. The molecule has 14 heavy (non-hydrogen) atoms. The highest BCUT2D eigenvalue weighted by Crippen LogP contribution is 2.24. The Labute approximate surface area is 88.8 Å². The molecule has 0 saturated carbocycles. The zero-order valence-electron chi connectivity index (χ0n) is 7.32. The highest BCUT2D eigenvalue weighted by atomic mass is 35.5. The molecule has 2 aromatic heterocycles. The first-order valence-electron chi connectivity index (χ1n) is 3.92. The molecule has 1 N–H and O–H groups in total. The minimum atomic E-state index is -0.903. The number of halogens is 1. The Hall–Kier alpha value is -1.07. The lowest BCUT2D eigenvalue weighted by Crippen LogP contribution is -2.04. The number of fused-ring (bicyclic) bond motifs is 1. The van der Waals surface area contributed by atoms with Gasteiger partial charge in [0.05, 0.1) is 12.1 Å². The smallest absolute Gasteiger partial charge is 0.309 e. The average molecular weight is 231 g/mol. The van der Waals surface area contributed by atoms with E-state index in [-0.39, 0.29) is 11.6 Å². The van der Waals surface area contributed by atoms with E-state index in [1.165, 1.54) is 11.3 Å². The van der Waals surface area contributed by atoms with Crippen molar-refractivity contribution in [3.63, 3.8) is 0 Å². The molecule has 0 bridgehead atoms. The molecular weight excluding hydrogens is 224 g/mol. The van der Waals surface area contributed by atoms with E-state index < -0.39 is 5.97 Å². The van der Waals surface area contributed by atoms with Crippen LogP contribution in [0.4, 0.5) is 0 Å². The van der Waals surface area contributed by atoms with Crippen LogP contribution in [0.15, 0.2) is 5.38 Å². The van der Waals surface area contributed by atoms with Crippen LogP contribution in [0, 0.1) is 6.92 Å². The molecule has 2 rings (SSSR count). The normalized spacial score (nSPS) is 11.0. The summed E-state index contributed by atoms with van der Waals surface area (Å²) in [5.74, 6) is -0.903. The van der Waals surface area contributed by atoms with E-state index in [0.717, 1.165) is 10.7 Å². The monoisotopic (exact) mass is 230 g/mol. The van der Waals surface area contributed by atoms with Crippen molar-refractivity contribution >= 4 is 33.9 Å². The fraction of sp³-hybridized carbons (Fsp3) is 0.250. The SMILES string of the molecule is Cc1csc2nc(Cl)c(CC(=O)O)n12. The highest BCUT2D eigenvalue weighted by Gasteiger charge is 2.15. The molecule has 0 radical (unpaired) electrons. The molecule has 6 heteroatoms. The number of nitrogens with zero attached hydrogens (tertiary/aromatic N) is 2. The molecule has 0 aromatic carbocycles. The van der Waals surface area contributed by atoms with Gasteiger partial charge in [0.2, 0.25) is 0 Å². The van der Waals surface area contributed by atoms with E-state index >= 15 is 0 Å². The lowest BCUT2D eigenvalue weighted by Gasteiger charge is -1.97. The fourth-order valence-electron chi connectivity index (χ4n) is 1.33. The molecule has 2 aromatic rings. The van der Waals surface area contributed by atoms with Gasteiger partial charge in [0.15, 0.2) is 10.1 Å². The molecule has 0 saturated heterocycles. The Morgan fingerprint density at radius 2 is 2.50 bits per heavy atom. The molecule has 0 spiro atoms. The van der Waals surface area contributed by atoms with Gasteiger partial charge in [-0.15, -0.1) is 11.3 Å². The molecule has 74 valence electrons.